The van der Waals surface area contributed by atoms with E-state index < -0.39 is 0 Å². The number of morpholine rings is 1. The Kier molecular flexibility index (Phi) is 2.00. The lowest BCUT2D eigenvalue weighted by Gasteiger charge is -2.41. The molecule has 12 heavy (non-hydrogen) atoms. The maximum absolute atomic E-state index is 11.3. The summed E-state index contributed by atoms with van der Waals surface area (Å²) in [6.07, 6.45) is 0. The van der Waals surface area contributed by atoms with Crippen molar-refractivity contribution in [3.05, 3.63) is 0 Å². The Bertz CT molecular complexity index is 197. The highest BCUT2D eigenvalue weighted by molar-refractivity contribution is 5.78. The first-order valence-corrected chi connectivity index (χ1v) is 4.14. The Labute approximate surface area is 71.0 Å². The third-order valence-electron chi connectivity index (χ3n) is 2.37. The maximum Gasteiger partial charge on any atom is 0.248 e. The van der Waals surface area contributed by atoms with Gasteiger partial charge in [0.05, 0.1) is 12.6 Å². The molecule has 5 nitrogen and oxygen atoms in total. The number of carbonyl (C=O) groups excluding carboxylic acids is 1. The quantitative estimate of drug-likeness (QED) is 0.446. The van der Waals surface area contributed by atoms with Crippen LogP contribution in [0.3, 0.4) is 0 Å². The van der Waals surface area contributed by atoms with E-state index >= 15 is 0 Å². The van der Waals surface area contributed by atoms with E-state index in [0.29, 0.717) is 6.61 Å². The molecule has 68 valence electrons. The summed E-state index contributed by atoms with van der Waals surface area (Å²) in [7, 11) is 0. The number of nitrogens with two attached hydrogens (primary N) is 1. The number of hydrazine groups is 1. The van der Waals surface area contributed by atoms with Gasteiger partial charge >= 0.3 is 0 Å². The van der Waals surface area contributed by atoms with Crippen LogP contribution in [-0.4, -0.2) is 54.7 Å². The van der Waals surface area contributed by atoms with Crippen LogP contribution in [0.2, 0.25) is 0 Å². The van der Waals surface area contributed by atoms with E-state index in [1.165, 1.54) is 0 Å². The Morgan fingerprint density at radius 2 is 2.33 bits per heavy atom. The van der Waals surface area contributed by atoms with Crippen LogP contribution in [0.5, 0.6) is 0 Å². The summed E-state index contributed by atoms with van der Waals surface area (Å²) in [5.74, 6) is 5.72. The first kappa shape index (κ1) is 7.97. The van der Waals surface area contributed by atoms with Gasteiger partial charge in [-0.05, 0) is 0 Å². The fourth-order valence-electron chi connectivity index (χ4n) is 1.72. The Hall–Kier alpha value is -0.650. The number of hydrogen-bond donors (Lipinski definition) is 1. The molecule has 0 aromatic rings. The molecular weight excluding hydrogens is 158 g/mol. The van der Waals surface area contributed by atoms with Gasteiger partial charge in [-0.1, -0.05) is 0 Å². The molecule has 0 unspecified atom stereocenters. The van der Waals surface area contributed by atoms with Crippen LogP contribution < -0.4 is 5.84 Å². The average Bonchev–Trinajstić information content (AvgIpc) is 2.04. The highest BCUT2D eigenvalue weighted by Gasteiger charge is 2.32. The zero-order chi connectivity index (χ0) is 8.55. The summed E-state index contributed by atoms with van der Waals surface area (Å²) in [6.45, 7) is 3.10. The predicted octanol–water partition coefficient (Wildman–Crippen LogP) is -1.60. The van der Waals surface area contributed by atoms with Crippen LogP contribution >= 0.6 is 0 Å². The highest BCUT2D eigenvalue weighted by atomic mass is 16.5. The molecule has 0 bridgehead atoms. The van der Waals surface area contributed by atoms with Crippen molar-refractivity contribution in [2.45, 2.75) is 6.04 Å². The van der Waals surface area contributed by atoms with Crippen LogP contribution in [-0.2, 0) is 9.53 Å². The lowest BCUT2D eigenvalue weighted by atomic mass is 10.1. The minimum atomic E-state index is 0.0966. The molecule has 2 rings (SSSR count). The zero-order valence-electron chi connectivity index (χ0n) is 6.90. The molecule has 5 heteroatoms. The SMILES string of the molecule is NN1CCN2C(=O)COC[C@H]2C1. The number of piperazine rings is 1. The summed E-state index contributed by atoms with van der Waals surface area (Å²) in [5.41, 5.74) is 0. The second kappa shape index (κ2) is 3.01. The summed E-state index contributed by atoms with van der Waals surface area (Å²) in [5, 5.41) is 1.74. The molecule has 0 aromatic heterocycles. The number of nitrogens with zero attached hydrogens (tertiary/aromatic N) is 2. The number of ether oxygens (including phenoxy) is 1. The molecule has 2 aliphatic rings. The Balaban J connectivity index is 2.04. The Morgan fingerprint density at radius 1 is 1.50 bits per heavy atom. The molecule has 2 heterocycles. The van der Waals surface area contributed by atoms with E-state index in [1.807, 2.05) is 4.90 Å². The average molecular weight is 171 g/mol. The zero-order valence-corrected chi connectivity index (χ0v) is 6.90. The van der Waals surface area contributed by atoms with Gasteiger partial charge < -0.3 is 9.64 Å². The molecule has 0 spiro atoms. The summed E-state index contributed by atoms with van der Waals surface area (Å²) < 4.78 is 5.13. The van der Waals surface area contributed by atoms with E-state index in [4.69, 9.17) is 10.6 Å². The molecule has 0 radical (unpaired) electrons. The van der Waals surface area contributed by atoms with Crippen molar-refractivity contribution in [1.82, 2.24) is 9.91 Å². The third-order valence-corrected chi connectivity index (χ3v) is 2.37. The minimum Gasteiger partial charge on any atom is -0.369 e. The monoisotopic (exact) mass is 171 g/mol. The first-order valence-electron chi connectivity index (χ1n) is 4.14. The van der Waals surface area contributed by atoms with Crippen molar-refractivity contribution in [1.29, 1.82) is 0 Å². The molecule has 0 saturated carbocycles. The number of fused-ring (bicyclic) bond motifs is 1. The maximum atomic E-state index is 11.3. The van der Waals surface area contributed by atoms with E-state index in [2.05, 4.69) is 0 Å². The van der Waals surface area contributed by atoms with Gasteiger partial charge in [0.1, 0.15) is 6.61 Å². The first-order chi connectivity index (χ1) is 5.77. The van der Waals surface area contributed by atoms with Gasteiger partial charge in [0.2, 0.25) is 5.91 Å². The van der Waals surface area contributed by atoms with Crippen LogP contribution in [0.4, 0.5) is 0 Å². The topological polar surface area (TPSA) is 58.8 Å². The van der Waals surface area contributed by atoms with Crippen molar-refractivity contribution >= 4 is 5.91 Å². The highest BCUT2D eigenvalue weighted by Crippen LogP contribution is 2.12. The fraction of sp³-hybridized carbons (Fsp3) is 0.857. The molecule has 2 aliphatic heterocycles. The van der Waals surface area contributed by atoms with Gasteiger partial charge in [0.15, 0.2) is 0 Å². The van der Waals surface area contributed by atoms with Crippen LogP contribution in [0.25, 0.3) is 0 Å². The van der Waals surface area contributed by atoms with Crippen molar-refractivity contribution in [2.75, 3.05) is 32.8 Å². The standard InChI is InChI=1S/C7H13N3O2/c8-9-1-2-10-6(3-9)4-12-5-7(10)11/h6H,1-5,8H2/t6-/m1/s1. The van der Waals surface area contributed by atoms with Gasteiger partial charge in [-0.25, -0.2) is 5.01 Å². The van der Waals surface area contributed by atoms with Gasteiger partial charge in [-0.15, -0.1) is 0 Å². The number of hydrogen-bond acceptors (Lipinski definition) is 4. The van der Waals surface area contributed by atoms with Gasteiger partial charge in [-0.2, -0.15) is 0 Å². The second-order valence-electron chi connectivity index (χ2n) is 3.25. The predicted molar refractivity (Wildman–Crippen MR) is 42.1 cm³/mol. The van der Waals surface area contributed by atoms with Crippen molar-refractivity contribution in [3.63, 3.8) is 0 Å². The lowest BCUT2D eigenvalue weighted by molar-refractivity contribution is -0.152. The van der Waals surface area contributed by atoms with E-state index in [0.717, 1.165) is 19.6 Å². The summed E-state index contributed by atoms with van der Waals surface area (Å²) in [4.78, 5) is 13.1. The van der Waals surface area contributed by atoms with Gasteiger partial charge in [0, 0.05) is 19.6 Å². The van der Waals surface area contributed by atoms with Crippen molar-refractivity contribution < 1.29 is 9.53 Å². The lowest BCUT2D eigenvalue weighted by Crippen LogP contribution is -2.61. The third kappa shape index (κ3) is 1.31. The van der Waals surface area contributed by atoms with Crippen LogP contribution in [0, 0.1) is 0 Å². The Morgan fingerprint density at radius 3 is 3.17 bits per heavy atom. The van der Waals surface area contributed by atoms with E-state index in [-0.39, 0.29) is 18.6 Å². The van der Waals surface area contributed by atoms with E-state index in [1.54, 1.807) is 5.01 Å². The molecule has 2 N–H and O–H groups in total. The molecule has 2 saturated heterocycles. The second-order valence-corrected chi connectivity index (χ2v) is 3.25. The number of amides is 1. The molecule has 1 atom stereocenters. The van der Waals surface area contributed by atoms with Gasteiger partial charge in [-0.3, -0.25) is 10.6 Å². The van der Waals surface area contributed by atoms with Crippen LogP contribution in [0.15, 0.2) is 0 Å². The van der Waals surface area contributed by atoms with Crippen molar-refractivity contribution in [2.24, 2.45) is 5.84 Å². The number of carbonyl (C=O) groups is 1. The summed E-state index contributed by atoms with van der Waals surface area (Å²) in [6, 6.07) is 0.171. The molecule has 2 fully saturated rings. The summed E-state index contributed by atoms with van der Waals surface area (Å²) >= 11 is 0. The largest absolute Gasteiger partial charge is 0.369 e. The minimum absolute atomic E-state index is 0.0966. The van der Waals surface area contributed by atoms with E-state index in [9.17, 15) is 4.79 Å². The fourth-order valence-corrected chi connectivity index (χ4v) is 1.72. The molecule has 0 aromatic carbocycles. The van der Waals surface area contributed by atoms with Crippen molar-refractivity contribution in [3.8, 4) is 0 Å². The van der Waals surface area contributed by atoms with Gasteiger partial charge in [0.25, 0.3) is 0 Å². The smallest absolute Gasteiger partial charge is 0.248 e. The van der Waals surface area contributed by atoms with Crippen LogP contribution in [0.1, 0.15) is 0 Å². The molecular formula is C7H13N3O2. The molecule has 0 aliphatic carbocycles. The number of rotatable bonds is 0. The normalized spacial score (nSPS) is 31.9. The molecule has 1 amide bonds.